The van der Waals surface area contributed by atoms with Gasteiger partial charge in [0.15, 0.2) is 5.82 Å². The number of benzene rings is 1. The maximum atomic E-state index is 13.4. The van der Waals surface area contributed by atoms with Crippen molar-refractivity contribution in [2.24, 2.45) is 0 Å². The van der Waals surface area contributed by atoms with Crippen molar-refractivity contribution >= 4 is 11.0 Å². The highest BCUT2D eigenvalue weighted by Crippen LogP contribution is 2.15. The number of H-pyrrole nitrogens is 1. The molecule has 1 aromatic carbocycles. The van der Waals surface area contributed by atoms with Gasteiger partial charge in [-0.25, -0.2) is 9.37 Å². The number of halogens is 1. The molecule has 17 heavy (non-hydrogen) atoms. The summed E-state index contributed by atoms with van der Waals surface area (Å²) >= 11 is 0. The number of imidazole rings is 1. The molecule has 1 aromatic heterocycles. The fourth-order valence-corrected chi connectivity index (χ4v) is 1.81. The predicted octanol–water partition coefficient (Wildman–Crippen LogP) is 2.63. The van der Waals surface area contributed by atoms with Crippen molar-refractivity contribution in [2.75, 3.05) is 6.54 Å². The van der Waals surface area contributed by atoms with E-state index in [1.54, 1.807) is 6.07 Å². The second-order valence-corrected chi connectivity index (χ2v) is 4.53. The van der Waals surface area contributed by atoms with E-state index in [2.05, 4.69) is 29.1 Å². The summed E-state index contributed by atoms with van der Waals surface area (Å²) in [4.78, 5) is 7.42. The van der Waals surface area contributed by atoms with Crippen molar-refractivity contribution in [3.05, 3.63) is 29.8 Å². The second kappa shape index (κ2) is 5.27. The number of nitrogens with one attached hydrogen (secondary N) is 2. The van der Waals surface area contributed by atoms with Crippen LogP contribution in [0.2, 0.25) is 0 Å². The first-order chi connectivity index (χ1) is 8.16. The molecular formula is C13H18FN3. The highest BCUT2D eigenvalue weighted by Gasteiger charge is 2.06. The van der Waals surface area contributed by atoms with E-state index >= 15 is 0 Å². The predicted molar refractivity (Wildman–Crippen MR) is 67.5 cm³/mol. The van der Waals surface area contributed by atoms with Gasteiger partial charge in [0.25, 0.3) is 0 Å². The number of aromatic nitrogens is 2. The standard InChI is InChI=1S/C13H18FN3/c1-9(2)15-8-4-7-12-16-11-6-3-5-10(14)13(11)17-12/h3,5-6,9,15H,4,7-8H2,1-2H3,(H,16,17). The lowest BCUT2D eigenvalue weighted by Crippen LogP contribution is -2.24. The van der Waals surface area contributed by atoms with Crippen LogP contribution in [0.3, 0.4) is 0 Å². The number of fused-ring (bicyclic) bond motifs is 1. The number of aryl methyl sites for hydroxylation is 1. The van der Waals surface area contributed by atoms with Crippen LogP contribution in [0.15, 0.2) is 18.2 Å². The zero-order valence-electron chi connectivity index (χ0n) is 10.3. The molecule has 0 aliphatic carbocycles. The van der Waals surface area contributed by atoms with Gasteiger partial charge in [-0.05, 0) is 25.1 Å². The fraction of sp³-hybridized carbons (Fsp3) is 0.462. The lowest BCUT2D eigenvalue weighted by atomic mass is 10.3. The molecule has 1 heterocycles. The minimum Gasteiger partial charge on any atom is -0.342 e. The average molecular weight is 235 g/mol. The molecule has 0 amide bonds. The van der Waals surface area contributed by atoms with Crippen LogP contribution in [0.4, 0.5) is 4.39 Å². The number of rotatable bonds is 5. The van der Waals surface area contributed by atoms with Crippen molar-refractivity contribution in [1.29, 1.82) is 0 Å². The molecule has 0 atom stereocenters. The monoisotopic (exact) mass is 235 g/mol. The number of para-hydroxylation sites is 1. The quantitative estimate of drug-likeness (QED) is 0.782. The maximum absolute atomic E-state index is 13.4. The molecule has 2 N–H and O–H groups in total. The van der Waals surface area contributed by atoms with E-state index in [0.29, 0.717) is 11.6 Å². The first-order valence-corrected chi connectivity index (χ1v) is 6.03. The molecule has 0 aliphatic heterocycles. The number of hydrogen-bond acceptors (Lipinski definition) is 2. The van der Waals surface area contributed by atoms with E-state index in [0.717, 1.165) is 30.7 Å². The summed E-state index contributed by atoms with van der Waals surface area (Å²) < 4.78 is 13.4. The van der Waals surface area contributed by atoms with Gasteiger partial charge in [0.05, 0.1) is 5.52 Å². The Kier molecular flexibility index (Phi) is 3.74. The third kappa shape index (κ3) is 3.03. The second-order valence-electron chi connectivity index (χ2n) is 4.53. The van der Waals surface area contributed by atoms with Crippen LogP contribution in [-0.4, -0.2) is 22.6 Å². The molecular weight excluding hydrogens is 217 g/mol. The Labute approximate surface area is 100 Å². The van der Waals surface area contributed by atoms with Crippen LogP contribution in [-0.2, 0) is 6.42 Å². The molecule has 0 spiro atoms. The summed E-state index contributed by atoms with van der Waals surface area (Å²) in [5.74, 6) is 0.598. The van der Waals surface area contributed by atoms with Crippen LogP contribution in [0.25, 0.3) is 11.0 Å². The molecule has 0 radical (unpaired) electrons. The first kappa shape index (κ1) is 12.0. The minimum absolute atomic E-state index is 0.259. The van der Waals surface area contributed by atoms with Crippen LogP contribution >= 0.6 is 0 Å². The Bertz CT molecular complexity index is 490. The Hall–Kier alpha value is -1.42. The molecule has 92 valence electrons. The van der Waals surface area contributed by atoms with Gasteiger partial charge in [0.1, 0.15) is 11.3 Å². The molecule has 2 rings (SSSR count). The Balaban J connectivity index is 1.98. The van der Waals surface area contributed by atoms with Gasteiger partial charge in [-0.3, -0.25) is 0 Å². The molecule has 4 heteroatoms. The molecule has 2 aromatic rings. The van der Waals surface area contributed by atoms with Gasteiger partial charge >= 0.3 is 0 Å². The van der Waals surface area contributed by atoms with E-state index in [1.807, 2.05) is 6.07 Å². The van der Waals surface area contributed by atoms with E-state index in [1.165, 1.54) is 6.07 Å². The molecule has 0 bridgehead atoms. The van der Waals surface area contributed by atoms with E-state index < -0.39 is 0 Å². The summed E-state index contributed by atoms with van der Waals surface area (Å²) in [5, 5.41) is 3.35. The molecule has 0 unspecified atom stereocenters. The Morgan fingerprint density at radius 2 is 2.24 bits per heavy atom. The molecule has 3 nitrogen and oxygen atoms in total. The lowest BCUT2D eigenvalue weighted by Gasteiger charge is -2.06. The summed E-state index contributed by atoms with van der Waals surface area (Å²) in [5.41, 5.74) is 1.22. The topological polar surface area (TPSA) is 40.7 Å². The van der Waals surface area contributed by atoms with Gasteiger partial charge in [0, 0.05) is 12.5 Å². The van der Waals surface area contributed by atoms with Gasteiger partial charge in [-0.1, -0.05) is 19.9 Å². The van der Waals surface area contributed by atoms with Crippen LogP contribution in [0.1, 0.15) is 26.1 Å². The van der Waals surface area contributed by atoms with Crippen LogP contribution < -0.4 is 5.32 Å². The third-order valence-electron chi connectivity index (χ3n) is 2.66. The first-order valence-electron chi connectivity index (χ1n) is 6.03. The van der Waals surface area contributed by atoms with E-state index in [-0.39, 0.29) is 5.82 Å². The van der Waals surface area contributed by atoms with Crippen molar-refractivity contribution in [3.63, 3.8) is 0 Å². The van der Waals surface area contributed by atoms with Gasteiger partial charge in [0.2, 0.25) is 0 Å². The van der Waals surface area contributed by atoms with Crippen molar-refractivity contribution < 1.29 is 4.39 Å². The number of nitrogens with zero attached hydrogens (tertiary/aromatic N) is 1. The zero-order valence-corrected chi connectivity index (χ0v) is 10.3. The van der Waals surface area contributed by atoms with Gasteiger partial charge in [-0.15, -0.1) is 0 Å². The molecule has 0 aliphatic rings. The van der Waals surface area contributed by atoms with Crippen LogP contribution in [0, 0.1) is 5.82 Å². The smallest absolute Gasteiger partial charge is 0.151 e. The lowest BCUT2D eigenvalue weighted by molar-refractivity contribution is 0.567. The summed E-state index contributed by atoms with van der Waals surface area (Å²) in [7, 11) is 0. The van der Waals surface area contributed by atoms with Crippen molar-refractivity contribution in [1.82, 2.24) is 15.3 Å². The highest BCUT2D eigenvalue weighted by atomic mass is 19.1. The molecule has 0 saturated heterocycles. The number of hydrogen-bond donors (Lipinski definition) is 2. The number of aromatic amines is 1. The van der Waals surface area contributed by atoms with Gasteiger partial charge < -0.3 is 10.3 Å². The third-order valence-corrected chi connectivity index (χ3v) is 2.66. The largest absolute Gasteiger partial charge is 0.342 e. The Morgan fingerprint density at radius 1 is 1.41 bits per heavy atom. The van der Waals surface area contributed by atoms with E-state index in [4.69, 9.17) is 0 Å². The average Bonchev–Trinajstić information content (AvgIpc) is 2.69. The van der Waals surface area contributed by atoms with Crippen molar-refractivity contribution in [2.45, 2.75) is 32.7 Å². The molecule has 0 fully saturated rings. The maximum Gasteiger partial charge on any atom is 0.151 e. The fourth-order valence-electron chi connectivity index (χ4n) is 1.81. The highest BCUT2D eigenvalue weighted by molar-refractivity contribution is 5.75. The normalized spacial score (nSPS) is 11.5. The van der Waals surface area contributed by atoms with Crippen molar-refractivity contribution in [3.8, 4) is 0 Å². The zero-order chi connectivity index (χ0) is 12.3. The summed E-state index contributed by atoms with van der Waals surface area (Å²) in [6, 6.07) is 5.48. The summed E-state index contributed by atoms with van der Waals surface area (Å²) in [6.07, 6.45) is 1.84. The summed E-state index contributed by atoms with van der Waals surface area (Å²) in [6.45, 7) is 5.20. The van der Waals surface area contributed by atoms with E-state index in [9.17, 15) is 4.39 Å². The molecule has 0 saturated carbocycles. The SMILES string of the molecule is CC(C)NCCCc1nc2c(F)cccc2[nH]1. The van der Waals surface area contributed by atoms with Gasteiger partial charge in [-0.2, -0.15) is 0 Å². The van der Waals surface area contributed by atoms with Crippen LogP contribution in [0.5, 0.6) is 0 Å². The Morgan fingerprint density at radius 3 is 2.94 bits per heavy atom. The minimum atomic E-state index is -0.259.